The smallest absolute Gasteiger partial charge is 0.240 e. The Morgan fingerprint density at radius 2 is 1.91 bits per heavy atom. The van der Waals surface area contributed by atoms with E-state index < -0.39 is 0 Å². The molecule has 22 heavy (non-hydrogen) atoms. The Hall–Kier alpha value is -1.47. The summed E-state index contributed by atoms with van der Waals surface area (Å²) >= 11 is 0. The van der Waals surface area contributed by atoms with Crippen molar-refractivity contribution >= 4 is 5.91 Å². The van der Waals surface area contributed by atoms with Crippen LogP contribution < -0.4 is 5.73 Å². The Balaban J connectivity index is 1.46. The van der Waals surface area contributed by atoms with Crippen LogP contribution in [0.5, 0.6) is 0 Å². The molecular formula is C15H25N5O2. The molecule has 2 aliphatic rings. The van der Waals surface area contributed by atoms with Crippen LogP contribution in [-0.4, -0.2) is 52.0 Å². The zero-order valence-electron chi connectivity index (χ0n) is 13.0. The molecule has 2 fully saturated rings. The van der Waals surface area contributed by atoms with Crippen LogP contribution in [0.15, 0.2) is 4.52 Å². The molecule has 3 rings (SSSR count). The molecule has 1 aliphatic heterocycles. The van der Waals surface area contributed by atoms with Gasteiger partial charge in [-0.2, -0.15) is 4.98 Å². The summed E-state index contributed by atoms with van der Waals surface area (Å²) in [6.07, 6.45) is 5.84. The van der Waals surface area contributed by atoms with E-state index in [4.69, 9.17) is 10.3 Å². The van der Waals surface area contributed by atoms with Crippen molar-refractivity contribution in [3.05, 3.63) is 11.7 Å². The van der Waals surface area contributed by atoms with Gasteiger partial charge in [0.2, 0.25) is 11.8 Å². The molecule has 2 heterocycles. The average molecular weight is 307 g/mol. The highest BCUT2D eigenvalue weighted by Crippen LogP contribution is 2.25. The number of aromatic nitrogens is 2. The van der Waals surface area contributed by atoms with Gasteiger partial charge >= 0.3 is 0 Å². The van der Waals surface area contributed by atoms with Crippen LogP contribution in [0.3, 0.4) is 0 Å². The molecule has 0 unspecified atom stereocenters. The van der Waals surface area contributed by atoms with E-state index in [1.807, 2.05) is 4.90 Å². The van der Waals surface area contributed by atoms with Crippen molar-refractivity contribution in [2.24, 2.45) is 11.7 Å². The van der Waals surface area contributed by atoms with Crippen molar-refractivity contribution in [2.45, 2.75) is 45.2 Å². The molecule has 0 bridgehead atoms. The first kappa shape index (κ1) is 15.4. The minimum atomic E-state index is 0.268. The second-order valence-corrected chi connectivity index (χ2v) is 6.24. The van der Waals surface area contributed by atoms with E-state index in [0.29, 0.717) is 24.2 Å². The van der Waals surface area contributed by atoms with Gasteiger partial charge in [-0.1, -0.05) is 24.4 Å². The number of hydrogen-bond acceptors (Lipinski definition) is 6. The van der Waals surface area contributed by atoms with E-state index in [1.165, 1.54) is 19.3 Å². The molecule has 1 aliphatic carbocycles. The van der Waals surface area contributed by atoms with Gasteiger partial charge in [-0.15, -0.1) is 0 Å². The first-order chi connectivity index (χ1) is 10.8. The molecule has 0 spiro atoms. The van der Waals surface area contributed by atoms with Crippen LogP contribution in [0.4, 0.5) is 0 Å². The van der Waals surface area contributed by atoms with Crippen molar-refractivity contribution in [3.63, 3.8) is 0 Å². The van der Waals surface area contributed by atoms with Crippen molar-refractivity contribution in [1.29, 1.82) is 0 Å². The van der Waals surface area contributed by atoms with Gasteiger partial charge in [-0.25, -0.2) is 0 Å². The molecule has 1 aromatic rings. The summed E-state index contributed by atoms with van der Waals surface area (Å²) in [5.41, 5.74) is 5.46. The number of carbonyl (C=O) groups excluding carboxylic acids is 1. The SMILES string of the molecule is NCc1nc(CN2CCN(C(=O)C3CCCCC3)CC2)no1. The fraction of sp³-hybridized carbons (Fsp3) is 0.800. The van der Waals surface area contributed by atoms with Gasteiger partial charge in [-0.05, 0) is 12.8 Å². The van der Waals surface area contributed by atoms with Crippen LogP contribution in [0, 0.1) is 5.92 Å². The van der Waals surface area contributed by atoms with E-state index in [0.717, 1.165) is 39.0 Å². The van der Waals surface area contributed by atoms with Crippen LogP contribution in [0.1, 0.15) is 43.8 Å². The Labute approximate surface area is 130 Å². The van der Waals surface area contributed by atoms with Gasteiger partial charge in [0.15, 0.2) is 5.82 Å². The monoisotopic (exact) mass is 307 g/mol. The largest absolute Gasteiger partial charge is 0.340 e. The standard InChI is InChI=1S/C15H25N5O2/c16-10-14-17-13(18-22-14)11-19-6-8-20(9-7-19)15(21)12-4-2-1-3-5-12/h12H,1-11,16H2. The molecule has 1 aromatic heterocycles. The lowest BCUT2D eigenvalue weighted by Gasteiger charge is -2.36. The fourth-order valence-corrected chi connectivity index (χ4v) is 3.37. The lowest BCUT2D eigenvalue weighted by atomic mass is 9.88. The lowest BCUT2D eigenvalue weighted by molar-refractivity contribution is -0.138. The summed E-state index contributed by atoms with van der Waals surface area (Å²) in [4.78, 5) is 21.0. The third-order valence-electron chi connectivity index (χ3n) is 4.69. The maximum absolute atomic E-state index is 12.5. The van der Waals surface area contributed by atoms with Gasteiger partial charge in [-0.3, -0.25) is 9.69 Å². The Morgan fingerprint density at radius 1 is 1.18 bits per heavy atom. The summed E-state index contributed by atoms with van der Waals surface area (Å²) in [6, 6.07) is 0. The number of rotatable bonds is 4. The van der Waals surface area contributed by atoms with Crippen LogP contribution in [0.2, 0.25) is 0 Å². The van der Waals surface area contributed by atoms with Gasteiger partial charge in [0.25, 0.3) is 0 Å². The maximum Gasteiger partial charge on any atom is 0.240 e. The first-order valence-electron chi connectivity index (χ1n) is 8.29. The second kappa shape index (κ2) is 7.19. The molecular weight excluding hydrogens is 282 g/mol. The molecule has 1 saturated carbocycles. The summed E-state index contributed by atoms with van der Waals surface area (Å²) in [6.45, 7) is 4.27. The molecule has 7 nitrogen and oxygen atoms in total. The van der Waals surface area contributed by atoms with Crippen LogP contribution in [0.25, 0.3) is 0 Å². The second-order valence-electron chi connectivity index (χ2n) is 6.24. The van der Waals surface area contributed by atoms with E-state index in [9.17, 15) is 4.79 Å². The number of piperazine rings is 1. The molecule has 122 valence electrons. The summed E-state index contributed by atoms with van der Waals surface area (Å²) < 4.78 is 5.02. The first-order valence-corrected chi connectivity index (χ1v) is 8.29. The summed E-state index contributed by atoms with van der Waals surface area (Å²) in [5.74, 6) is 1.78. The molecule has 0 radical (unpaired) electrons. The minimum absolute atomic E-state index is 0.268. The summed E-state index contributed by atoms with van der Waals surface area (Å²) in [7, 11) is 0. The number of nitrogens with zero attached hydrogens (tertiary/aromatic N) is 4. The molecule has 0 atom stereocenters. The number of amides is 1. The van der Waals surface area contributed by atoms with E-state index in [2.05, 4.69) is 15.0 Å². The predicted octanol–water partition coefficient (Wildman–Crippen LogP) is 0.753. The van der Waals surface area contributed by atoms with Crippen molar-refractivity contribution in [3.8, 4) is 0 Å². The highest BCUT2D eigenvalue weighted by Gasteiger charge is 2.28. The quantitative estimate of drug-likeness (QED) is 0.883. The van der Waals surface area contributed by atoms with Gasteiger partial charge in [0, 0.05) is 32.1 Å². The van der Waals surface area contributed by atoms with Crippen molar-refractivity contribution < 1.29 is 9.32 Å². The number of hydrogen-bond donors (Lipinski definition) is 1. The Bertz CT molecular complexity index is 490. The minimum Gasteiger partial charge on any atom is -0.340 e. The average Bonchev–Trinajstić information content (AvgIpc) is 3.03. The van der Waals surface area contributed by atoms with E-state index in [-0.39, 0.29) is 12.5 Å². The lowest BCUT2D eigenvalue weighted by Crippen LogP contribution is -2.50. The third kappa shape index (κ3) is 3.64. The van der Waals surface area contributed by atoms with Gasteiger partial charge < -0.3 is 15.2 Å². The van der Waals surface area contributed by atoms with Crippen molar-refractivity contribution in [1.82, 2.24) is 19.9 Å². The molecule has 7 heteroatoms. The molecule has 2 N–H and O–H groups in total. The number of carbonyl (C=O) groups is 1. The predicted molar refractivity (Wildman–Crippen MR) is 80.6 cm³/mol. The zero-order chi connectivity index (χ0) is 15.4. The Morgan fingerprint density at radius 3 is 2.55 bits per heavy atom. The van der Waals surface area contributed by atoms with E-state index >= 15 is 0 Å². The third-order valence-corrected chi connectivity index (χ3v) is 4.69. The highest BCUT2D eigenvalue weighted by molar-refractivity contribution is 5.79. The van der Waals surface area contributed by atoms with Gasteiger partial charge in [0.05, 0.1) is 13.1 Å². The molecule has 1 saturated heterocycles. The Kier molecular flexibility index (Phi) is 5.04. The number of nitrogens with two attached hydrogens (primary N) is 1. The highest BCUT2D eigenvalue weighted by atomic mass is 16.5. The normalized spacial score (nSPS) is 21.2. The van der Waals surface area contributed by atoms with Crippen LogP contribution >= 0.6 is 0 Å². The zero-order valence-corrected chi connectivity index (χ0v) is 13.0. The molecule has 0 aromatic carbocycles. The van der Waals surface area contributed by atoms with Crippen molar-refractivity contribution in [2.75, 3.05) is 26.2 Å². The van der Waals surface area contributed by atoms with E-state index in [1.54, 1.807) is 0 Å². The summed E-state index contributed by atoms with van der Waals surface area (Å²) in [5, 5.41) is 3.92. The molecule has 1 amide bonds. The fourth-order valence-electron chi connectivity index (χ4n) is 3.37. The van der Waals surface area contributed by atoms with Gasteiger partial charge in [0.1, 0.15) is 0 Å². The van der Waals surface area contributed by atoms with Crippen LogP contribution in [-0.2, 0) is 17.9 Å². The maximum atomic E-state index is 12.5. The topological polar surface area (TPSA) is 88.5 Å².